The van der Waals surface area contributed by atoms with E-state index in [0.717, 1.165) is 11.3 Å². The van der Waals surface area contributed by atoms with E-state index < -0.39 is 12.5 Å². The summed E-state index contributed by atoms with van der Waals surface area (Å²) in [6.45, 7) is 7.03. The summed E-state index contributed by atoms with van der Waals surface area (Å²) in [5, 5.41) is 10.9. The maximum absolute atomic E-state index is 12.9. The SMILES string of the molecule is Cc1c([C@@H](C)NC(=O)[C@H](C)n2nc(C(F)F)c(Br)c2C)cnn1C. The molecule has 2 rings (SSSR count). The van der Waals surface area contributed by atoms with Crippen molar-refractivity contribution in [3.05, 3.63) is 33.3 Å². The van der Waals surface area contributed by atoms with Crippen molar-refractivity contribution in [1.29, 1.82) is 0 Å². The first-order valence-corrected chi connectivity index (χ1v) is 8.26. The molecule has 0 spiro atoms. The van der Waals surface area contributed by atoms with E-state index >= 15 is 0 Å². The van der Waals surface area contributed by atoms with E-state index in [0.29, 0.717) is 5.69 Å². The highest BCUT2D eigenvalue weighted by atomic mass is 79.9. The molecule has 0 radical (unpaired) electrons. The first-order valence-electron chi connectivity index (χ1n) is 7.46. The van der Waals surface area contributed by atoms with Gasteiger partial charge in [0.25, 0.3) is 6.43 Å². The quantitative estimate of drug-likeness (QED) is 0.831. The highest BCUT2D eigenvalue weighted by Crippen LogP contribution is 2.30. The van der Waals surface area contributed by atoms with Gasteiger partial charge in [-0.2, -0.15) is 10.2 Å². The number of hydrogen-bond donors (Lipinski definition) is 1. The summed E-state index contributed by atoms with van der Waals surface area (Å²) in [5.74, 6) is -0.301. The van der Waals surface area contributed by atoms with Crippen LogP contribution in [0.4, 0.5) is 8.78 Å². The fourth-order valence-corrected chi connectivity index (χ4v) is 2.94. The van der Waals surface area contributed by atoms with Crippen molar-refractivity contribution in [2.75, 3.05) is 0 Å². The summed E-state index contributed by atoms with van der Waals surface area (Å²) in [6.07, 6.45) is -0.998. The van der Waals surface area contributed by atoms with Crippen LogP contribution in [0.5, 0.6) is 0 Å². The van der Waals surface area contributed by atoms with Crippen LogP contribution in [0.2, 0.25) is 0 Å². The van der Waals surface area contributed by atoms with Gasteiger partial charge in [-0.1, -0.05) is 0 Å². The number of carbonyl (C=O) groups is 1. The van der Waals surface area contributed by atoms with Crippen molar-refractivity contribution < 1.29 is 13.6 Å². The first kappa shape index (κ1) is 18.6. The number of alkyl halides is 2. The number of aryl methyl sites for hydroxylation is 1. The molecule has 0 saturated heterocycles. The number of carbonyl (C=O) groups excluding carboxylic acids is 1. The largest absolute Gasteiger partial charge is 0.348 e. The number of nitrogens with one attached hydrogen (secondary N) is 1. The van der Waals surface area contributed by atoms with Crippen LogP contribution in [-0.4, -0.2) is 25.5 Å². The third-order valence-corrected chi connectivity index (χ3v) is 5.13. The molecule has 0 fully saturated rings. The minimum atomic E-state index is -2.70. The molecule has 1 N–H and O–H groups in total. The minimum Gasteiger partial charge on any atom is -0.348 e. The van der Waals surface area contributed by atoms with Gasteiger partial charge in [-0.05, 0) is 43.6 Å². The fraction of sp³-hybridized carbons (Fsp3) is 0.533. The van der Waals surface area contributed by atoms with Crippen molar-refractivity contribution in [2.24, 2.45) is 7.05 Å². The smallest absolute Gasteiger partial charge is 0.283 e. The molecule has 1 amide bonds. The lowest BCUT2D eigenvalue weighted by molar-refractivity contribution is -0.124. The van der Waals surface area contributed by atoms with Crippen LogP contribution in [0.15, 0.2) is 10.7 Å². The summed E-state index contributed by atoms with van der Waals surface area (Å²) < 4.78 is 29.2. The van der Waals surface area contributed by atoms with Gasteiger partial charge >= 0.3 is 0 Å². The van der Waals surface area contributed by atoms with Gasteiger partial charge in [0.2, 0.25) is 5.91 Å². The normalized spacial score (nSPS) is 14.0. The van der Waals surface area contributed by atoms with Crippen molar-refractivity contribution in [2.45, 2.75) is 46.2 Å². The Morgan fingerprint density at radius 1 is 1.29 bits per heavy atom. The van der Waals surface area contributed by atoms with Gasteiger partial charge in [0.1, 0.15) is 11.7 Å². The second-order valence-corrected chi connectivity index (χ2v) is 6.54. The number of halogens is 3. The third kappa shape index (κ3) is 3.35. The number of amides is 1. The Morgan fingerprint density at radius 3 is 2.38 bits per heavy atom. The van der Waals surface area contributed by atoms with Gasteiger partial charge < -0.3 is 5.32 Å². The topological polar surface area (TPSA) is 64.7 Å². The number of nitrogens with zero attached hydrogens (tertiary/aromatic N) is 4. The summed E-state index contributed by atoms with van der Waals surface area (Å²) >= 11 is 3.11. The lowest BCUT2D eigenvalue weighted by Crippen LogP contribution is -2.34. The molecule has 0 unspecified atom stereocenters. The van der Waals surface area contributed by atoms with Crippen LogP contribution < -0.4 is 5.32 Å². The summed E-state index contributed by atoms with van der Waals surface area (Å²) in [6, 6.07) is -0.962. The van der Waals surface area contributed by atoms with E-state index in [1.807, 2.05) is 20.9 Å². The maximum Gasteiger partial charge on any atom is 0.283 e. The molecule has 0 saturated carbocycles. The molecule has 0 aromatic carbocycles. The van der Waals surface area contributed by atoms with Gasteiger partial charge in [0.15, 0.2) is 0 Å². The zero-order valence-electron chi connectivity index (χ0n) is 14.1. The Kier molecular flexibility index (Phi) is 5.42. The van der Waals surface area contributed by atoms with Gasteiger partial charge in [0, 0.05) is 18.3 Å². The van der Waals surface area contributed by atoms with Gasteiger partial charge in [0.05, 0.1) is 22.4 Å². The predicted octanol–water partition coefficient (Wildman–Crippen LogP) is 3.37. The van der Waals surface area contributed by atoms with E-state index in [-0.39, 0.29) is 22.1 Å². The van der Waals surface area contributed by atoms with E-state index in [4.69, 9.17) is 0 Å². The second kappa shape index (κ2) is 7.00. The molecule has 6 nitrogen and oxygen atoms in total. The predicted molar refractivity (Wildman–Crippen MR) is 88.8 cm³/mol. The minimum absolute atomic E-state index is 0.230. The molecule has 132 valence electrons. The molecule has 2 heterocycles. The standard InChI is InChI=1S/C15H20BrF2N5O/c1-7(11-6-19-22(5)8(11)2)20-15(24)10(4)23-9(3)12(16)13(21-23)14(17)18/h6-7,10,14H,1-5H3,(H,20,24)/t7-,10+/m1/s1. The Morgan fingerprint density at radius 2 is 1.92 bits per heavy atom. The van der Waals surface area contributed by atoms with Crippen molar-refractivity contribution in [3.63, 3.8) is 0 Å². The monoisotopic (exact) mass is 403 g/mol. The molecule has 2 aromatic heterocycles. The van der Waals surface area contributed by atoms with Crippen LogP contribution in [-0.2, 0) is 11.8 Å². The highest BCUT2D eigenvalue weighted by molar-refractivity contribution is 9.10. The zero-order valence-corrected chi connectivity index (χ0v) is 15.7. The van der Waals surface area contributed by atoms with E-state index in [1.165, 1.54) is 4.68 Å². The van der Waals surface area contributed by atoms with Gasteiger partial charge in [-0.15, -0.1) is 0 Å². The molecule has 24 heavy (non-hydrogen) atoms. The van der Waals surface area contributed by atoms with Crippen LogP contribution in [0, 0.1) is 13.8 Å². The number of aromatic nitrogens is 4. The lowest BCUT2D eigenvalue weighted by Gasteiger charge is -2.19. The third-order valence-electron chi connectivity index (χ3n) is 4.15. The second-order valence-electron chi connectivity index (χ2n) is 5.75. The van der Waals surface area contributed by atoms with Gasteiger partial charge in [-0.3, -0.25) is 14.2 Å². The Balaban J connectivity index is 2.18. The molecule has 0 aliphatic heterocycles. The Labute approximate surface area is 147 Å². The lowest BCUT2D eigenvalue weighted by atomic mass is 10.1. The van der Waals surface area contributed by atoms with Crippen LogP contribution in [0.25, 0.3) is 0 Å². The molecular weight excluding hydrogens is 384 g/mol. The molecule has 0 bridgehead atoms. The van der Waals surface area contributed by atoms with Gasteiger partial charge in [-0.25, -0.2) is 8.78 Å². The Bertz CT molecular complexity index is 755. The number of hydrogen-bond acceptors (Lipinski definition) is 3. The van der Waals surface area contributed by atoms with Crippen LogP contribution >= 0.6 is 15.9 Å². The van der Waals surface area contributed by atoms with E-state index in [1.54, 1.807) is 24.7 Å². The summed E-state index contributed by atoms with van der Waals surface area (Å²) in [7, 11) is 1.83. The zero-order chi connectivity index (χ0) is 18.2. The summed E-state index contributed by atoms with van der Waals surface area (Å²) in [4.78, 5) is 12.5. The van der Waals surface area contributed by atoms with Crippen molar-refractivity contribution in [3.8, 4) is 0 Å². The average Bonchev–Trinajstić information content (AvgIpc) is 3.00. The maximum atomic E-state index is 12.9. The molecule has 0 aliphatic carbocycles. The van der Waals surface area contributed by atoms with Crippen LogP contribution in [0.3, 0.4) is 0 Å². The first-order chi connectivity index (χ1) is 11.1. The molecule has 2 atom stereocenters. The number of rotatable bonds is 5. The van der Waals surface area contributed by atoms with Crippen molar-refractivity contribution >= 4 is 21.8 Å². The van der Waals surface area contributed by atoms with E-state index in [2.05, 4.69) is 31.4 Å². The van der Waals surface area contributed by atoms with E-state index in [9.17, 15) is 13.6 Å². The molecular formula is C15H20BrF2N5O. The summed E-state index contributed by atoms with van der Waals surface area (Å²) in [5.41, 5.74) is 1.99. The molecule has 0 aliphatic rings. The molecule has 9 heteroatoms. The molecule has 2 aromatic rings. The van der Waals surface area contributed by atoms with Crippen molar-refractivity contribution in [1.82, 2.24) is 24.9 Å². The Hall–Kier alpha value is -1.77. The highest BCUT2D eigenvalue weighted by Gasteiger charge is 2.26. The fourth-order valence-electron chi connectivity index (χ4n) is 2.50. The average molecular weight is 404 g/mol. The van der Waals surface area contributed by atoms with Crippen LogP contribution in [0.1, 0.15) is 55.0 Å².